The van der Waals surface area contributed by atoms with Gasteiger partial charge in [0.25, 0.3) is 0 Å². The SMILES string of the molecule is C[C@H](O)[C@@H](NC(=O)[C@@]12C[C@H]3OC(=O)[C@@H]1N(Cc1ccccc1C=C1CCC4O[C@]4(C)CC[C@@H]4[C@@H]1CC4(C)C)O[C@@H]2[C@H]1OC(c2ccccc2)(c2ccccc2)O[C@H]13)C(=O)NCCO. The third-order valence-electron chi connectivity index (χ3n) is 15.5. The fourth-order valence-corrected chi connectivity index (χ4v) is 12.1. The monoisotopic (exact) mass is 861 g/mol. The van der Waals surface area contributed by atoms with E-state index < -0.39 is 71.6 Å². The van der Waals surface area contributed by atoms with Crippen LogP contribution in [0.5, 0.6) is 0 Å². The molecule has 2 amide bonds. The summed E-state index contributed by atoms with van der Waals surface area (Å²) in [5, 5.41) is 27.2. The predicted molar refractivity (Wildman–Crippen MR) is 230 cm³/mol. The number of benzene rings is 3. The molecular formula is C50H59N3O10. The van der Waals surface area contributed by atoms with Crippen molar-refractivity contribution in [1.29, 1.82) is 0 Å². The number of nitrogens with zero attached hydrogens (tertiary/aromatic N) is 1. The lowest BCUT2D eigenvalue weighted by atomic mass is 9.52. The van der Waals surface area contributed by atoms with Gasteiger partial charge in [-0.1, -0.05) is 110 Å². The summed E-state index contributed by atoms with van der Waals surface area (Å²) < 4.78 is 26.7. The number of allylic oxidation sites excluding steroid dienone is 1. The number of nitrogens with one attached hydrogen (secondary N) is 2. The molecule has 3 saturated carbocycles. The number of aliphatic hydroxyl groups excluding tert-OH is 2. The number of esters is 1. The Labute approximate surface area is 368 Å². The van der Waals surface area contributed by atoms with E-state index in [-0.39, 0.29) is 43.2 Å². The first-order chi connectivity index (χ1) is 30.3. The lowest BCUT2D eigenvalue weighted by Gasteiger charge is -2.53. The van der Waals surface area contributed by atoms with Crippen LogP contribution in [0.1, 0.15) is 88.5 Å². The molecule has 13 nitrogen and oxygen atoms in total. The highest BCUT2D eigenvalue weighted by Gasteiger charge is 2.77. The number of hydrogen-bond acceptors (Lipinski definition) is 11. The molecule has 4 saturated heterocycles. The minimum atomic E-state index is -1.63. The number of carbonyl (C=O) groups is 3. The zero-order valence-electron chi connectivity index (χ0n) is 36.4. The van der Waals surface area contributed by atoms with Crippen LogP contribution < -0.4 is 10.6 Å². The van der Waals surface area contributed by atoms with E-state index in [4.69, 9.17) is 23.8 Å². The second-order valence-corrected chi connectivity index (χ2v) is 19.8. The average Bonchev–Trinajstić information content (AvgIpc) is 3.55. The summed E-state index contributed by atoms with van der Waals surface area (Å²) in [4.78, 5) is 50.2. The van der Waals surface area contributed by atoms with Crippen molar-refractivity contribution < 1.29 is 48.4 Å². The second-order valence-electron chi connectivity index (χ2n) is 19.8. The van der Waals surface area contributed by atoms with E-state index in [0.717, 1.165) is 43.2 Å². The third-order valence-corrected chi connectivity index (χ3v) is 15.5. The molecule has 4 aliphatic heterocycles. The van der Waals surface area contributed by atoms with Gasteiger partial charge in [-0.3, -0.25) is 19.2 Å². The first-order valence-electron chi connectivity index (χ1n) is 22.7. The smallest absolute Gasteiger partial charge is 0.327 e. The van der Waals surface area contributed by atoms with Crippen LogP contribution >= 0.6 is 0 Å². The quantitative estimate of drug-likeness (QED) is 0.153. The van der Waals surface area contributed by atoms with E-state index in [1.54, 1.807) is 5.06 Å². The van der Waals surface area contributed by atoms with Crippen LogP contribution in [0.25, 0.3) is 6.08 Å². The number of aliphatic hydroxyl groups is 2. The molecular weight excluding hydrogens is 803 g/mol. The zero-order valence-corrected chi connectivity index (χ0v) is 36.4. The lowest BCUT2D eigenvalue weighted by Crippen LogP contribution is -2.71. The molecule has 1 unspecified atom stereocenters. The molecule has 13 heteroatoms. The van der Waals surface area contributed by atoms with Crippen LogP contribution in [0.4, 0.5) is 0 Å². The van der Waals surface area contributed by atoms with Gasteiger partial charge in [0.05, 0.1) is 31.0 Å². The van der Waals surface area contributed by atoms with Gasteiger partial charge in [0, 0.05) is 24.1 Å². The molecule has 0 spiro atoms. The summed E-state index contributed by atoms with van der Waals surface area (Å²) in [6.07, 6.45) is 2.81. The van der Waals surface area contributed by atoms with Crippen molar-refractivity contribution >= 4 is 23.9 Å². The van der Waals surface area contributed by atoms with E-state index in [1.807, 2.05) is 78.9 Å². The zero-order chi connectivity index (χ0) is 43.9. The predicted octanol–water partition coefficient (Wildman–Crippen LogP) is 4.92. The molecule has 12 atom stereocenters. The van der Waals surface area contributed by atoms with E-state index >= 15 is 4.79 Å². The van der Waals surface area contributed by atoms with Crippen molar-refractivity contribution in [2.75, 3.05) is 13.2 Å². The summed E-state index contributed by atoms with van der Waals surface area (Å²) in [5.41, 5.74) is 3.35. The molecule has 10 rings (SSSR count). The van der Waals surface area contributed by atoms with E-state index in [1.165, 1.54) is 12.5 Å². The Morgan fingerprint density at radius 1 is 0.905 bits per heavy atom. The Hall–Kier alpha value is -4.47. The van der Waals surface area contributed by atoms with Gasteiger partial charge >= 0.3 is 5.97 Å². The number of amides is 2. The third kappa shape index (κ3) is 7.06. The Kier molecular flexibility index (Phi) is 10.7. The van der Waals surface area contributed by atoms with Gasteiger partial charge in [0.1, 0.15) is 35.9 Å². The Balaban J connectivity index is 1.03. The summed E-state index contributed by atoms with van der Waals surface area (Å²) in [6, 6.07) is 24.6. The number of hydroxylamine groups is 2. The highest BCUT2D eigenvalue weighted by molar-refractivity contribution is 5.96. The van der Waals surface area contributed by atoms with Gasteiger partial charge in [0.2, 0.25) is 17.6 Å². The highest BCUT2D eigenvalue weighted by atomic mass is 16.8. The summed E-state index contributed by atoms with van der Waals surface area (Å²) >= 11 is 0. The fourth-order valence-electron chi connectivity index (χ4n) is 12.1. The lowest BCUT2D eigenvalue weighted by molar-refractivity contribution is -0.213. The van der Waals surface area contributed by atoms with Gasteiger partial charge < -0.3 is 39.8 Å². The fraction of sp³-hybridized carbons (Fsp3) is 0.540. The second kappa shape index (κ2) is 15.9. The molecule has 3 aromatic carbocycles. The van der Waals surface area contributed by atoms with E-state index in [2.05, 4.69) is 43.5 Å². The maximum Gasteiger partial charge on any atom is 0.327 e. The Morgan fingerprint density at radius 3 is 2.27 bits per heavy atom. The maximum atomic E-state index is 15.2. The summed E-state index contributed by atoms with van der Waals surface area (Å²) in [7, 11) is 0. The van der Waals surface area contributed by atoms with Crippen LogP contribution in [0.2, 0.25) is 0 Å². The largest absolute Gasteiger partial charge is 0.458 e. The molecule has 3 aromatic rings. The van der Waals surface area contributed by atoms with Crippen molar-refractivity contribution in [3.63, 3.8) is 0 Å². The highest BCUT2D eigenvalue weighted by Crippen LogP contribution is 2.61. The number of carbonyl (C=O) groups excluding carboxylic acids is 3. The molecule has 63 heavy (non-hydrogen) atoms. The van der Waals surface area contributed by atoms with Gasteiger partial charge in [-0.25, -0.2) is 0 Å². The Bertz CT molecular complexity index is 2230. The van der Waals surface area contributed by atoms with Crippen LogP contribution in [0.3, 0.4) is 0 Å². The topological polar surface area (TPSA) is 168 Å². The molecule has 7 aliphatic rings. The van der Waals surface area contributed by atoms with Crippen molar-refractivity contribution in [1.82, 2.24) is 15.7 Å². The van der Waals surface area contributed by atoms with Crippen molar-refractivity contribution in [3.05, 3.63) is 113 Å². The molecule has 2 bridgehead atoms. The number of rotatable bonds is 11. The summed E-state index contributed by atoms with van der Waals surface area (Å²) in [5.74, 6) is -2.39. The van der Waals surface area contributed by atoms with Crippen LogP contribution in [0, 0.1) is 22.7 Å². The summed E-state index contributed by atoms with van der Waals surface area (Å²) in [6.45, 7) is 8.16. The minimum Gasteiger partial charge on any atom is -0.458 e. The van der Waals surface area contributed by atoms with Crippen molar-refractivity contribution in [2.45, 2.75) is 133 Å². The number of hydrogen-bond donors (Lipinski definition) is 4. The molecule has 0 radical (unpaired) electrons. The number of fused-ring (bicyclic) bond motifs is 6. The van der Waals surface area contributed by atoms with Crippen LogP contribution in [-0.4, -0.2) is 101 Å². The van der Waals surface area contributed by atoms with Gasteiger partial charge in [0.15, 0.2) is 6.04 Å². The minimum absolute atomic E-state index is 0.0120. The van der Waals surface area contributed by atoms with E-state index in [0.29, 0.717) is 23.0 Å². The first-order valence-corrected chi connectivity index (χ1v) is 22.7. The molecule has 4 heterocycles. The van der Waals surface area contributed by atoms with Gasteiger partial charge in [-0.15, -0.1) is 0 Å². The average molecular weight is 862 g/mol. The number of ether oxygens (including phenoxy) is 4. The van der Waals surface area contributed by atoms with Crippen molar-refractivity contribution in [2.24, 2.45) is 22.7 Å². The first kappa shape index (κ1) is 42.5. The van der Waals surface area contributed by atoms with Gasteiger partial charge in [-0.2, -0.15) is 5.06 Å². The van der Waals surface area contributed by atoms with Crippen molar-refractivity contribution in [3.8, 4) is 0 Å². The van der Waals surface area contributed by atoms with E-state index in [9.17, 15) is 19.8 Å². The van der Waals surface area contributed by atoms with Crippen LogP contribution in [-0.2, 0) is 50.5 Å². The molecule has 4 N–H and O–H groups in total. The molecule has 334 valence electrons. The molecule has 3 aliphatic carbocycles. The standard InChI is InChI=1S/C50H59N3O10/c1-29(55)39(44(56)51-23-24-54)52-46(58)49-27-37-40-41(62-50(61-40,33-15-7-5-8-16-33)34-17-9-6-10-18-34)43(49)63-53(42(49)45(57)59-37)28-32-14-12-11-13-30(32)25-31-19-20-38-48(4,60-38)22-21-36-35(31)26-47(36,2)3/h5-18,25,29,35-43,54-55H,19-24,26-28H2,1-4H3,(H,51,56)(H,52,58)/t29-,35+,36+,37+,38?,39+,40-,41-,42-,43+,48+,49-/m0/s1. The number of epoxide rings is 1. The molecule has 7 fully saturated rings. The molecule has 0 aromatic heterocycles. The Morgan fingerprint density at radius 2 is 1.59 bits per heavy atom. The normalized spacial score (nSPS) is 36.2. The maximum absolute atomic E-state index is 15.2. The van der Waals surface area contributed by atoms with Gasteiger partial charge in [-0.05, 0) is 74.3 Å². The van der Waals surface area contributed by atoms with Crippen LogP contribution in [0.15, 0.2) is 90.5 Å².